The van der Waals surface area contributed by atoms with Crippen LogP contribution in [0.15, 0.2) is 34.7 Å². The number of amides is 1. The van der Waals surface area contributed by atoms with Crippen LogP contribution in [0.4, 0.5) is 0 Å². The van der Waals surface area contributed by atoms with Crippen molar-refractivity contribution in [1.82, 2.24) is 5.32 Å². The van der Waals surface area contributed by atoms with Crippen LogP contribution in [0, 0.1) is 5.92 Å². The van der Waals surface area contributed by atoms with Crippen LogP contribution < -0.4 is 5.32 Å². The average molecular weight is 338 g/mol. The first-order chi connectivity index (χ1) is 9.74. The topological polar surface area (TPSA) is 42.2 Å². The predicted octanol–water partition coefficient (Wildman–Crippen LogP) is 4.36. The maximum Gasteiger partial charge on any atom is 0.287 e. The molecule has 0 saturated carbocycles. The van der Waals surface area contributed by atoms with E-state index in [1.165, 1.54) is 0 Å². The van der Waals surface area contributed by atoms with Crippen LogP contribution in [0.5, 0.6) is 0 Å². The first-order valence-corrected chi connectivity index (χ1v) is 8.19. The molecule has 0 radical (unpaired) electrons. The smallest absolute Gasteiger partial charge is 0.287 e. The molecule has 1 heterocycles. The number of alkyl halides is 1. The maximum absolute atomic E-state index is 12.1. The molecular formula is C16H20BrNO2. The van der Waals surface area contributed by atoms with Gasteiger partial charge in [-0.15, -0.1) is 0 Å². The minimum Gasteiger partial charge on any atom is -0.451 e. The van der Waals surface area contributed by atoms with Gasteiger partial charge in [0.2, 0.25) is 0 Å². The van der Waals surface area contributed by atoms with Gasteiger partial charge in [0.05, 0.1) is 0 Å². The van der Waals surface area contributed by atoms with E-state index in [1.807, 2.05) is 24.3 Å². The Balaban J connectivity index is 1.97. The fraction of sp³-hybridized carbons (Fsp3) is 0.438. The fourth-order valence-corrected chi connectivity index (χ4v) is 2.98. The highest BCUT2D eigenvalue weighted by Gasteiger charge is 2.14. The molecule has 2 rings (SSSR count). The van der Waals surface area contributed by atoms with Crippen molar-refractivity contribution in [3.63, 3.8) is 0 Å². The summed E-state index contributed by atoms with van der Waals surface area (Å²) < 4.78 is 5.56. The second-order valence-electron chi connectivity index (χ2n) is 4.99. The SMILES string of the molecule is CCCC(CCBr)CNC(=O)c1cc2ccccc2o1. The third-order valence-electron chi connectivity index (χ3n) is 3.41. The molecule has 0 aliphatic heterocycles. The zero-order valence-electron chi connectivity index (χ0n) is 11.7. The number of hydrogen-bond donors (Lipinski definition) is 1. The molecule has 0 aliphatic rings. The van der Waals surface area contributed by atoms with Crippen LogP contribution in [-0.2, 0) is 0 Å². The lowest BCUT2D eigenvalue weighted by atomic mass is 10.0. The quantitative estimate of drug-likeness (QED) is 0.762. The summed E-state index contributed by atoms with van der Waals surface area (Å²) in [5.41, 5.74) is 0.753. The number of furan rings is 1. The van der Waals surface area contributed by atoms with E-state index in [0.717, 1.165) is 35.6 Å². The normalized spacial score (nSPS) is 12.5. The third-order valence-corrected chi connectivity index (χ3v) is 3.87. The van der Waals surface area contributed by atoms with Crippen LogP contribution in [0.2, 0.25) is 0 Å². The molecule has 1 amide bonds. The zero-order valence-corrected chi connectivity index (χ0v) is 13.3. The monoisotopic (exact) mass is 337 g/mol. The highest BCUT2D eigenvalue weighted by atomic mass is 79.9. The molecule has 1 N–H and O–H groups in total. The minimum absolute atomic E-state index is 0.128. The van der Waals surface area contributed by atoms with E-state index in [4.69, 9.17) is 4.42 Å². The Labute approximate surface area is 127 Å². The summed E-state index contributed by atoms with van der Waals surface area (Å²) in [4.78, 5) is 12.1. The predicted molar refractivity (Wildman–Crippen MR) is 85.4 cm³/mol. The minimum atomic E-state index is -0.128. The highest BCUT2D eigenvalue weighted by molar-refractivity contribution is 9.09. The Morgan fingerprint density at radius 3 is 2.85 bits per heavy atom. The van der Waals surface area contributed by atoms with Crippen molar-refractivity contribution < 1.29 is 9.21 Å². The van der Waals surface area contributed by atoms with Gasteiger partial charge in [0.1, 0.15) is 5.58 Å². The van der Waals surface area contributed by atoms with Gasteiger partial charge in [0.15, 0.2) is 5.76 Å². The number of fused-ring (bicyclic) bond motifs is 1. The van der Waals surface area contributed by atoms with Gasteiger partial charge in [0, 0.05) is 17.3 Å². The van der Waals surface area contributed by atoms with Gasteiger partial charge in [-0.05, 0) is 30.9 Å². The van der Waals surface area contributed by atoms with E-state index in [-0.39, 0.29) is 5.91 Å². The van der Waals surface area contributed by atoms with E-state index < -0.39 is 0 Å². The van der Waals surface area contributed by atoms with Gasteiger partial charge in [-0.1, -0.05) is 47.5 Å². The van der Waals surface area contributed by atoms with Crippen LogP contribution in [-0.4, -0.2) is 17.8 Å². The highest BCUT2D eigenvalue weighted by Crippen LogP contribution is 2.19. The van der Waals surface area contributed by atoms with Gasteiger partial charge in [0.25, 0.3) is 5.91 Å². The number of halogens is 1. The van der Waals surface area contributed by atoms with E-state index in [1.54, 1.807) is 6.07 Å². The standard InChI is InChI=1S/C16H20BrNO2/c1-2-5-12(8-9-17)11-18-16(19)15-10-13-6-3-4-7-14(13)20-15/h3-4,6-7,10,12H,2,5,8-9,11H2,1H3,(H,18,19). The lowest BCUT2D eigenvalue weighted by Gasteiger charge is -2.14. The molecule has 4 heteroatoms. The van der Waals surface area contributed by atoms with Crippen molar-refractivity contribution in [3.05, 3.63) is 36.1 Å². The lowest BCUT2D eigenvalue weighted by molar-refractivity contribution is 0.0920. The summed E-state index contributed by atoms with van der Waals surface area (Å²) in [7, 11) is 0. The van der Waals surface area contributed by atoms with Gasteiger partial charge >= 0.3 is 0 Å². The van der Waals surface area contributed by atoms with Gasteiger partial charge in [-0.25, -0.2) is 0 Å². The number of hydrogen-bond acceptors (Lipinski definition) is 2. The van der Waals surface area contributed by atoms with Gasteiger partial charge < -0.3 is 9.73 Å². The summed E-state index contributed by atoms with van der Waals surface area (Å²) in [6, 6.07) is 9.45. The summed E-state index contributed by atoms with van der Waals surface area (Å²) in [6.45, 7) is 2.87. The second kappa shape index (κ2) is 7.48. The second-order valence-corrected chi connectivity index (χ2v) is 5.78. The Kier molecular flexibility index (Phi) is 5.65. The van der Waals surface area contributed by atoms with Crippen molar-refractivity contribution in [2.75, 3.05) is 11.9 Å². The Morgan fingerprint density at radius 2 is 2.15 bits per heavy atom. The summed E-state index contributed by atoms with van der Waals surface area (Å²) >= 11 is 3.46. The van der Waals surface area contributed by atoms with E-state index in [2.05, 4.69) is 28.2 Å². The number of carbonyl (C=O) groups is 1. The molecule has 1 atom stereocenters. The molecule has 0 saturated heterocycles. The third kappa shape index (κ3) is 3.85. The average Bonchev–Trinajstić information content (AvgIpc) is 2.89. The van der Waals surface area contributed by atoms with E-state index >= 15 is 0 Å². The van der Waals surface area contributed by atoms with E-state index in [9.17, 15) is 4.79 Å². The Morgan fingerprint density at radius 1 is 1.35 bits per heavy atom. The number of nitrogens with one attached hydrogen (secondary N) is 1. The number of benzene rings is 1. The van der Waals surface area contributed by atoms with Crippen LogP contribution in [0.25, 0.3) is 11.0 Å². The molecule has 0 spiro atoms. The summed E-state index contributed by atoms with van der Waals surface area (Å²) in [5, 5.41) is 4.91. The van der Waals surface area contributed by atoms with Crippen LogP contribution >= 0.6 is 15.9 Å². The molecule has 3 nitrogen and oxygen atoms in total. The molecule has 1 aromatic heterocycles. The molecule has 2 aromatic rings. The maximum atomic E-state index is 12.1. The fourth-order valence-electron chi connectivity index (χ4n) is 2.33. The first kappa shape index (κ1) is 15.1. The molecule has 0 aliphatic carbocycles. The van der Waals surface area contributed by atoms with Crippen molar-refractivity contribution in [3.8, 4) is 0 Å². The van der Waals surface area contributed by atoms with Crippen LogP contribution in [0.1, 0.15) is 36.7 Å². The number of para-hydroxylation sites is 1. The molecule has 1 aromatic carbocycles. The van der Waals surface area contributed by atoms with Crippen LogP contribution in [0.3, 0.4) is 0 Å². The lowest BCUT2D eigenvalue weighted by Crippen LogP contribution is -2.29. The molecule has 1 unspecified atom stereocenters. The molecule has 108 valence electrons. The molecule has 20 heavy (non-hydrogen) atoms. The zero-order chi connectivity index (χ0) is 14.4. The van der Waals surface area contributed by atoms with Gasteiger partial charge in [-0.2, -0.15) is 0 Å². The molecule has 0 fully saturated rings. The van der Waals surface area contributed by atoms with Crippen molar-refractivity contribution in [2.45, 2.75) is 26.2 Å². The number of carbonyl (C=O) groups excluding carboxylic acids is 1. The van der Waals surface area contributed by atoms with Crippen molar-refractivity contribution in [2.24, 2.45) is 5.92 Å². The Bertz CT molecular complexity index is 525. The largest absolute Gasteiger partial charge is 0.451 e. The molecular weight excluding hydrogens is 318 g/mol. The first-order valence-electron chi connectivity index (χ1n) is 7.07. The van der Waals surface area contributed by atoms with Crippen molar-refractivity contribution in [1.29, 1.82) is 0 Å². The summed E-state index contributed by atoms with van der Waals surface area (Å²) in [5.74, 6) is 0.782. The molecule has 0 bridgehead atoms. The van der Waals surface area contributed by atoms with Crippen molar-refractivity contribution >= 4 is 32.8 Å². The van der Waals surface area contributed by atoms with E-state index in [0.29, 0.717) is 18.2 Å². The van der Waals surface area contributed by atoms with Gasteiger partial charge in [-0.3, -0.25) is 4.79 Å². The Hall–Kier alpha value is -1.29. The number of rotatable bonds is 7. The summed E-state index contributed by atoms with van der Waals surface area (Å²) in [6.07, 6.45) is 3.35.